The molecule has 1 fully saturated rings. The molecule has 6 heteroatoms. The van der Waals surface area contributed by atoms with Crippen LogP contribution in [0.5, 0.6) is 0 Å². The molecule has 1 aromatic rings. The lowest BCUT2D eigenvalue weighted by Crippen LogP contribution is -2.32. The molecule has 0 bridgehead atoms. The highest BCUT2D eigenvalue weighted by Gasteiger charge is 2.42. The topological polar surface area (TPSA) is 29.1 Å². The lowest BCUT2D eigenvalue weighted by Gasteiger charge is -2.29. The molecule has 0 radical (unpaired) electrons. The minimum atomic E-state index is -4.13. The van der Waals surface area contributed by atoms with Gasteiger partial charge in [0.15, 0.2) is 0 Å². The Bertz CT molecular complexity index is 479. The van der Waals surface area contributed by atoms with E-state index in [0.717, 1.165) is 10.9 Å². The lowest BCUT2D eigenvalue weighted by atomic mass is 9.81. The number of carbonyl (C=O) groups is 1. The molecule has 1 amide bonds. The van der Waals surface area contributed by atoms with E-state index in [0.29, 0.717) is 18.5 Å². The highest BCUT2D eigenvalue weighted by Crippen LogP contribution is 2.39. The van der Waals surface area contributed by atoms with Crippen molar-refractivity contribution in [2.45, 2.75) is 37.2 Å². The van der Waals surface area contributed by atoms with E-state index in [1.54, 1.807) is 12.1 Å². The average molecular weight is 364 g/mol. The number of benzene rings is 1. The van der Waals surface area contributed by atoms with E-state index in [1.165, 1.54) is 0 Å². The van der Waals surface area contributed by atoms with Crippen molar-refractivity contribution in [2.75, 3.05) is 5.32 Å². The minimum Gasteiger partial charge on any atom is -0.326 e. The van der Waals surface area contributed by atoms with Gasteiger partial charge in [0.1, 0.15) is 0 Å². The van der Waals surface area contributed by atoms with E-state index in [-0.39, 0.29) is 24.7 Å². The first-order chi connectivity index (χ1) is 9.90. The Labute approximate surface area is 130 Å². The number of alkyl halides is 4. The number of rotatable bonds is 3. The Balaban J connectivity index is 1.87. The van der Waals surface area contributed by atoms with E-state index >= 15 is 0 Å². The molecule has 116 valence electrons. The van der Waals surface area contributed by atoms with Crippen LogP contribution in [0.1, 0.15) is 31.2 Å². The zero-order chi connectivity index (χ0) is 15.5. The van der Waals surface area contributed by atoms with Crippen molar-refractivity contribution in [1.29, 1.82) is 0 Å². The number of anilines is 1. The van der Waals surface area contributed by atoms with Crippen LogP contribution in [0.2, 0.25) is 0 Å². The molecular formula is C15H17BrF3NO. The molecule has 1 N–H and O–H groups in total. The second-order valence-electron chi connectivity index (χ2n) is 5.41. The Hall–Kier alpha value is -1.04. The molecule has 0 atom stereocenters. The zero-order valence-electron chi connectivity index (χ0n) is 11.4. The van der Waals surface area contributed by atoms with Gasteiger partial charge in [-0.25, -0.2) is 0 Å². The predicted octanol–water partition coefficient (Wildman–Crippen LogP) is 4.89. The maximum atomic E-state index is 12.6. The van der Waals surface area contributed by atoms with E-state index < -0.39 is 12.1 Å². The van der Waals surface area contributed by atoms with Crippen molar-refractivity contribution < 1.29 is 18.0 Å². The molecule has 1 saturated carbocycles. The average Bonchev–Trinajstić information content (AvgIpc) is 2.47. The summed E-state index contributed by atoms with van der Waals surface area (Å²) >= 11 is 3.34. The van der Waals surface area contributed by atoms with Gasteiger partial charge in [-0.05, 0) is 43.4 Å². The van der Waals surface area contributed by atoms with Gasteiger partial charge in [-0.2, -0.15) is 13.2 Å². The summed E-state index contributed by atoms with van der Waals surface area (Å²) < 4.78 is 37.7. The highest BCUT2D eigenvalue weighted by molar-refractivity contribution is 9.08. The van der Waals surface area contributed by atoms with Gasteiger partial charge in [0.2, 0.25) is 5.91 Å². The van der Waals surface area contributed by atoms with E-state index in [4.69, 9.17) is 0 Å². The van der Waals surface area contributed by atoms with Crippen molar-refractivity contribution in [3.05, 3.63) is 29.8 Å². The maximum absolute atomic E-state index is 12.6. The smallest absolute Gasteiger partial charge is 0.326 e. The number of amides is 1. The third-order valence-corrected chi connectivity index (χ3v) is 4.58. The number of hydrogen-bond acceptors (Lipinski definition) is 1. The lowest BCUT2D eigenvalue weighted by molar-refractivity contribution is -0.184. The van der Waals surface area contributed by atoms with Gasteiger partial charge in [0, 0.05) is 16.9 Å². The van der Waals surface area contributed by atoms with Crippen LogP contribution in [-0.2, 0) is 10.1 Å². The van der Waals surface area contributed by atoms with Crippen LogP contribution in [0.4, 0.5) is 18.9 Å². The van der Waals surface area contributed by atoms with Crippen molar-refractivity contribution in [2.24, 2.45) is 11.8 Å². The third-order valence-electron chi connectivity index (χ3n) is 3.94. The zero-order valence-corrected chi connectivity index (χ0v) is 13.0. The number of carbonyl (C=O) groups excluding carboxylic acids is 1. The van der Waals surface area contributed by atoms with Crippen LogP contribution >= 0.6 is 15.9 Å². The van der Waals surface area contributed by atoms with Crippen molar-refractivity contribution >= 4 is 27.5 Å². The molecule has 0 unspecified atom stereocenters. The molecule has 1 aromatic carbocycles. The fourth-order valence-corrected chi connectivity index (χ4v) is 2.98. The first-order valence-electron chi connectivity index (χ1n) is 6.92. The molecule has 0 spiro atoms. The van der Waals surface area contributed by atoms with Gasteiger partial charge < -0.3 is 5.32 Å². The number of hydrogen-bond donors (Lipinski definition) is 1. The van der Waals surface area contributed by atoms with Gasteiger partial charge in [-0.1, -0.05) is 28.1 Å². The highest BCUT2D eigenvalue weighted by atomic mass is 79.9. The van der Waals surface area contributed by atoms with Gasteiger partial charge in [0.25, 0.3) is 0 Å². The van der Waals surface area contributed by atoms with Gasteiger partial charge in [-0.15, -0.1) is 0 Å². The number of nitrogens with one attached hydrogen (secondary N) is 1. The Morgan fingerprint density at radius 2 is 1.71 bits per heavy atom. The SMILES string of the molecule is O=C(Nc1ccc(CBr)cc1)C1CCC(C(F)(F)F)CC1. The molecule has 0 aromatic heterocycles. The molecule has 2 rings (SSSR count). The summed E-state index contributed by atoms with van der Waals surface area (Å²) in [5.41, 5.74) is 1.78. The second-order valence-corrected chi connectivity index (χ2v) is 5.97. The van der Waals surface area contributed by atoms with Crippen molar-refractivity contribution in [3.8, 4) is 0 Å². The monoisotopic (exact) mass is 363 g/mol. The summed E-state index contributed by atoms with van der Waals surface area (Å²) in [5.74, 6) is -1.75. The molecule has 0 saturated heterocycles. The molecule has 0 aliphatic heterocycles. The molecule has 21 heavy (non-hydrogen) atoms. The summed E-state index contributed by atoms with van der Waals surface area (Å²) in [6.07, 6.45) is -3.44. The molecule has 2 nitrogen and oxygen atoms in total. The van der Waals surface area contributed by atoms with E-state index in [2.05, 4.69) is 21.2 Å². The van der Waals surface area contributed by atoms with Crippen LogP contribution in [0, 0.1) is 11.8 Å². The first-order valence-corrected chi connectivity index (χ1v) is 8.05. The molecule has 1 aliphatic carbocycles. The Morgan fingerprint density at radius 3 is 2.19 bits per heavy atom. The summed E-state index contributed by atoms with van der Waals surface area (Å²) in [6.45, 7) is 0. The van der Waals surface area contributed by atoms with Crippen LogP contribution < -0.4 is 5.32 Å². The van der Waals surface area contributed by atoms with Crippen LogP contribution in [0.3, 0.4) is 0 Å². The van der Waals surface area contributed by atoms with Gasteiger partial charge in [0.05, 0.1) is 5.92 Å². The summed E-state index contributed by atoms with van der Waals surface area (Å²) in [6, 6.07) is 7.39. The van der Waals surface area contributed by atoms with Crippen molar-refractivity contribution in [3.63, 3.8) is 0 Å². The summed E-state index contributed by atoms with van der Waals surface area (Å²) in [7, 11) is 0. The molecule has 0 heterocycles. The fraction of sp³-hybridized carbons (Fsp3) is 0.533. The number of halogens is 4. The second kappa shape index (κ2) is 6.81. The maximum Gasteiger partial charge on any atom is 0.391 e. The summed E-state index contributed by atoms with van der Waals surface area (Å²) in [4.78, 5) is 12.1. The van der Waals surface area contributed by atoms with Gasteiger partial charge >= 0.3 is 6.18 Å². The predicted molar refractivity (Wildman–Crippen MR) is 79.2 cm³/mol. The largest absolute Gasteiger partial charge is 0.391 e. The first kappa shape index (κ1) is 16.3. The quantitative estimate of drug-likeness (QED) is 0.761. The van der Waals surface area contributed by atoms with Crippen LogP contribution in [0.15, 0.2) is 24.3 Å². The standard InChI is InChI=1S/C15H17BrF3NO/c16-9-10-1-7-13(8-2-10)20-14(21)11-3-5-12(6-4-11)15(17,18)19/h1-2,7-8,11-12H,3-6,9H2,(H,20,21). The molecular weight excluding hydrogens is 347 g/mol. The van der Waals surface area contributed by atoms with Crippen LogP contribution in [-0.4, -0.2) is 12.1 Å². The fourth-order valence-electron chi connectivity index (χ4n) is 2.60. The Kier molecular flexibility index (Phi) is 5.30. The summed E-state index contributed by atoms with van der Waals surface area (Å²) in [5, 5.41) is 3.52. The van der Waals surface area contributed by atoms with E-state index in [1.807, 2.05) is 12.1 Å². The van der Waals surface area contributed by atoms with Crippen molar-refractivity contribution in [1.82, 2.24) is 0 Å². The Morgan fingerprint density at radius 1 is 1.14 bits per heavy atom. The van der Waals surface area contributed by atoms with Crippen LogP contribution in [0.25, 0.3) is 0 Å². The third kappa shape index (κ3) is 4.46. The minimum absolute atomic E-state index is 0.0457. The molecule has 1 aliphatic rings. The normalized spacial score (nSPS) is 22.9. The van der Waals surface area contributed by atoms with Gasteiger partial charge in [-0.3, -0.25) is 4.79 Å². The van der Waals surface area contributed by atoms with E-state index in [9.17, 15) is 18.0 Å².